The van der Waals surface area contributed by atoms with Crippen LogP contribution in [0.5, 0.6) is 0 Å². The molecular weight excluding hydrogens is 376 g/mol. The van der Waals surface area contributed by atoms with E-state index in [1.54, 1.807) is 0 Å². The molecule has 0 atom stereocenters. The van der Waals surface area contributed by atoms with Crippen LogP contribution in [0, 0.1) is 0 Å². The number of rotatable bonds is 1. The molecule has 2 aliphatic heterocycles. The number of hydrogen-bond acceptors (Lipinski definition) is 2. The third-order valence-electron chi connectivity index (χ3n) is 7.28. The van der Waals surface area contributed by atoms with E-state index in [2.05, 4.69) is 110 Å². The van der Waals surface area contributed by atoms with Gasteiger partial charge in [0.25, 0.3) is 0 Å². The standard InChI is InChI=1S/C29H26N2/c1-28(2)20-11-5-7-14-25(20)31-26-15-8-6-12-21(26)29(3,4)23-18-19(17-22(28)27(23)31)24-13-9-10-16-30-24/h5-18H,1-4H3. The van der Waals surface area contributed by atoms with Gasteiger partial charge in [0.15, 0.2) is 0 Å². The van der Waals surface area contributed by atoms with E-state index in [0.717, 1.165) is 5.69 Å². The highest BCUT2D eigenvalue weighted by molar-refractivity contribution is 5.93. The van der Waals surface area contributed by atoms with Gasteiger partial charge in [-0.2, -0.15) is 0 Å². The zero-order valence-corrected chi connectivity index (χ0v) is 18.5. The zero-order valence-electron chi connectivity index (χ0n) is 18.5. The van der Waals surface area contributed by atoms with Crippen molar-refractivity contribution in [1.29, 1.82) is 0 Å². The number of aromatic nitrogens is 1. The summed E-state index contributed by atoms with van der Waals surface area (Å²) in [5.41, 5.74) is 11.4. The van der Waals surface area contributed by atoms with Crippen LogP contribution in [0.15, 0.2) is 85.1 Å². The minimum Gasteiger partial charge on any atom is -0.309 e. The molecule has 0 radical (unpaired) electrons. The molecule has 0 spiro atoms. The van der Waals surface area contributed by atoms with Gasteiger partial charge in [0.1, 0.15) is 0 Å². The van der Waals surface area contributed by atoms with Crippen LogP contribution in [-0.2, 0) is 10.8 Å². The maximum atomic E-state index is 4.68. The number of anilines is 3. The predicted molar refractivity (Wildman–Crippen MR) is 129 cm³/mol. The zero-order chi connectivity index (χ0) is 21.4. The van der Waals surface area contributed by atoms with E-state index >= 15 is 0 Å². The summed E-state index contributed by atoms with van der Waals surface area (Å²) in [6.07, 6.45) is 1.88. The van der Waals surface area contributed by atoms with Crippen LogP contribution >= 0.6 is 0 Å². The fraction of sp³-hybridized carbons (Fsp3) is 0.207. The molecule has 0 saturated heterocycles. The van der Waals surface area contributed by atoms with Crippen LogP contribution in [0.25, 0.3) is 11.3 Å². The molecule has 0 N–H and O–H groups in total. The summed E-state index contributed by atoms with van der Waals surface area (Å²) < 4.78 is 0. The molecule has 0 unspecified atom stereocenters. The van der Waals surface area contributed by atoms with E-state index in [9.17, 15) is 0 Å². The first-order chi connectivity index (χ1) is 14.9. The minimum atomic E-state index is -0.107. The lowest BCUT2D eigenvalue weighted by atomic mass is 9.66. The Morgan fingerprint density at radius 3 is 1.65 bits per heavy atom. The number of fused-ring (bicyclic) bond motifs is 4. The second-order valence-corrected chi connectivity index (χ2v) is 9.75. The molecule has 3 aromatic carbocycles. The quantitative estimate of drug-likeness (QED) is 0.328. The van der Waals surface area contributed by atoms with Crippen molar-refractivity contribution < 1.29 is 0 Å². The maximum Gasteiger partial charge on any atom is 0.0702 e. The van der Waals surface area contributed by atoms with Crippen LogP contribution in [0.1, 0.15) is 49.9 Å². The van der Waals surface area contributed by atoms with E-state index in [-0.39, 0.29) is 10.8 Å². The molecule has 0 fully saturated rings. The Morgan fingerprint density at radius 2 is 1.13 bits per heavy atom. The lowest BCUT2D eigenvalue weighted by Crippen LogP contribution is -2.38. The molecule has 31 heavy (non-hydrogen) atoms. The fourth-order valence-corrected chi connectivity index (χ4v) is 5.56. The van der Waals surface area contributed by atoms with E-state index in [4.69, 9.17) is 0 Å². The SMILES string of the molecule is CC1(C)c2ccccc2N2c3ccccc3C(C)(C)c3cc(-c4ccccn4)cc1c32. The summed E-state index contributed by atoms with van der Waals surface area (Å²) in [5, 5.41) is 0. The number of benzene rings is 3. The molecule has 0 bridgehead atoms. The maximum absolute atomic E-state index is 4.68. The second-order valence-electron chi connectivity index (χ2n) is 9.75. The molecular formula is C29H26N2. The van der Waals surface area contributed by atoms with Crippen LogP contribution in [0.4, 0.5) is 17.1 Å². The van der Waals surface area contributed by atoms with Crippen LogP contribution < -0.4 is 4.90 Å². The van der Waals surface area contributed by atoms with Crippen molar-refractivity contribution in [2.24, 2.45) is 0 Å². The topological polar surface area (TPSA) is 16.1 Å². The van der Waals surface area contributed by atoms with Crippen molar-refractivity contribution >= 4 is 17.1 Å². The summed E-state index contributed by atoms with van der Waals surface area (Å²) in [6.45, 7) is 9.42. The summed E-state index contributed by atoms with van der Waals surface area (Å²) in [4.78, 5) is 7.17. The normalized spacial score (nSPS) is 16.8. The summed E-state index contributed by atoms with van der Waals surface area (Å²) >= 11 is 0. The van der Waals surface area contributed by atoms with E-state index in [1.807, 2.05) is 12.3 Å². The van der Waals surface area contributed by atoms with Crippen molar-refractivity contribution in [3.8, 4) is 11.3 Å². The molecule has 2 aliphatic rings. The van der Waals surface area contributed by atoms with Gasteiger partial charge in [0.05, 0.1) is 22.8 Å². The summed E-state index contributed by atoms with van der Waals surface area (Å²) in [6, 6.07) is 28.6. The molecule has 1 aromatic heterocycles. The van der Waals surface area contributed by atoms with Crippen molar-refractivity contribution in [2.75, 3.05) is 4.90 Å². The predicted octanol–water partition coefficient (Wildman–Crippen LogP) is 7.50. The van der Waals surface area contributed by atoms with E-state index in [0.29, 0.717) is 0 Å². The Balaban J connectivity index is 1.77. The third-order valence-corrected chi connectivity index (χ3v) is 7.28. The van der Waals surface area contributed by atoms with Gasteiger partial charge in [0, 0.05) is 22.6 Å². The molecule has 0 aliphatic carbocycles. The van der Waals surface area contributed by atoms with Crippen molar-refractivity contribution in [2.45, 2.75) is 38.5 Å². The highest BCUT2D eigenvalue weighted by atomic mass is 15.2. The Kier molecular flexibility index (Phi) is 3.60. The van der Waals surface area contributed by atoms with Crippen molar-refractivity contribution in [3.63, 3.8) is 0 Å². The van der Waals surface area contributed by atoms with E-state index in [1.165, 1.54) is 44.9 Å². The monoisotopic (exact) mass is 402 g/mol. The molecule has 152 valence electrons. The molecule has 4 aromatic rings. The van der Waals surface area contributed by atoms with Crippen LogP contribution in [0.3, 0.4) is 0 Å². The third kappa shape index (κ3) is 2.36. The average Bonchev–Trinajstić information content (AvgIpc) is 2.79. The smallest absolute Gasteiger partial charge is 0.0702 e. The van der Waals surface area contributed by atoms with E-state index < -0.39 is 0 Å². The molecule has 2 nitrogen and oxygen atoms in total. The largest absolute Gasteiger partial charge is 0.309 e. The van der Waals surface area contributed by atoms with Gasteiger partial charge in [-0.3, -0.25) is 4.98 Å². The Morgan fingerprint density at radius 1 is 0.613 bits per heavy atom. The Hall–Kier alpha value is -3.39. The Labute approximate surface area is 184 Å². The van der Waals surface area contributed by atoms with Gasteiger partial charge in [-0.25, -0.2) is 0 Å². The number of hydrogen-bond donors (Lipinski definition) is 0. The summed E-state index contributed by atoms with van der Waals surface area (Å²) in [7, 11) is 0. The average molecular weight is 403 g/mol. The fourth-order valence-electron chi connectivity index (χ4n) is 5.56. The second kappa shape index (κ2) is 6.07. The molecule has 6 rings (SSSR count). The van der Waals surface area contributed by atoms with Gasteiger partial charge >= 0.3 is 0 Å². The number of para-hydroxylation sites is 2. The van der Waals surface area contributed by atoms with Gasteiger partial charge in [-0.05, 0) is 58.7 Å². The van der Waals surface area contributed by atoms with Gasteiger partial charge in [-0.15, -0.1) is 0 Å². The lowest BCUT2D eigenvalue weighted by molar-refractivity contribution is 0.597. The Bertz CT molecular complexity index is 1250. The lowest BCUT2D eigenvalue weighted by Gasteiger charge is -2.49. The van der Waals surface area contributed by atoms with Gasteiger partial charge in [-0.1, -0.05) is 70.2 Å². The van der Waals surface area contributed by atoms with Crippen LogP contribution in [-0.4, -0.2) is 4.98 Å². The van der Waals surface area contributed by atoms with Gasteiger partial charge < -0.3 is 4.90 Å². The molecule has 0 amide bonds. The van der Waals surface area contributed by atoms with Crippen molar-refractivity contribution in [3.05, 3.63) is 107 Å². The van der Waals surface area contributed by atoms with Crippen molar-refractivity contribution in [1.82, 2.24) is 4.98 Å². The first-order valence-corrected chi connectivity index (χ1v) is 11.0. The molecule has 3 heterocycles. The highest BCUT2D eigenvalue weighted by Gasteiger charge is 2.45. The number of pyridine rings is 1. The first kappa shape index (κ1) is 18.4. The van der Waals surface area contributed by atoms with Gasteiger partial charge in [0.2, 0.25) is 0 Å². The molecule has 0 saturated carbocycles. The first-order valence-electron chi connectivity index (χ1n) is 11.0. The highest BCUT2D eigenvalue weighted by Crippen LogP contribution is 2.60. The minimum absolute atomic E-state index is 0.107. The molecule has 2 heteroatoms. The summed E-state index contributed by atoms with van der Waals surface area (Å²) in [5.74, 6) is 0. The number of nitrogens with zero attached hydrogens (tertiary/aromatic N) is 2. The van der Waals surface area contributed by atoms with Crippen LogP contribution in [0.2, 0.25) is 0 Å².